The molecule has 1 saturated heterocycles. The first kappa shape index (κ1) is 18.5. The van der Waals surface area contributed by atoms with E-state index in [0.29, 0.717) is 0 Å². The van der Waals surface area contributed by atoms with Crippen LogP contribution >= 0.6 is 35.4 Å². The van der Waals surface area contributed by atoms with Crippen LogP contribution in [-0.4, -0.2) is 41.1 Å². The van der Waals surface area contributed by atoms with Crippen molar-refractivity contribution in [1.29, 1.82) is 0 Å². The second-order valence-electron chi connectivity index (χ2n) is 6.23. The average molecular weight is 394 g/mol. The van der Waals surface area contributed by atoms with Crippen molar-refractivity contribution in [3.63, 3.8) is 0 Å². The molecule has 1 fully saturated rings. The van der Waals surface area contributed by atoms with Crippen molar-refractivity contribution in [3.05, 3.63) is 63.6 Å². The van der Waals surface area contributed by atoms with E-state index in [9.17, 15) is 0 Å². The summed E-state index contributed by atoms with van der Waals surface area (Å²) in [4.78, 5) is 4.65. The zero-order chi connectivity index (χ0) is 17.8. The standard InChI is InChI=1S/C19H21Cl2N3S/c1-14-17(21)3-2-4-18(14)22-19(25)24-11-9-23(10-12-24)13-15-5-7-16(20)8-6-15/h2-8H,9-13H2,1H3,(H,22,25). The van der Waals surface area contributed by atoms with Crippen LogP contribution in [0.15, 0.2) is 42.5 Å². The lowest BCUT2D eigenvalue weighted by molar-refractivity contribution is 0.177. The fraction of sp³-hybridized carbons (Fsp3) is 0.316. The molecule has 2 aromatic rings. The van der Waals surface area contributed by atoms with Crippen molar-refractivity contribution < 1.29 is 0 Å². The molecule has 0 spiro atoms. The van der Waals surface area contributed by atoms with Gasteiger partial charge in [-0.1, -0.05) is 41.4 Å². The molecule has 0 aromatic heterocycles. The molecule has 6 heteroatoms. The predicted molar refractivity (Wildman–Crippen MR) is 111 cm³/mol. The highest BCUT2D eigenvalue weighted by molar-refractivity contribution is 7.80. The number of benzene rings is 2. The van der Waals surface area contributed by atoms with Gasteiger partial charge >= 0.3 is 0 Å². The number of halogens is 2. The molecule has 0 amide bonds. The van der Waals surface area contributed by atoms with Crippen LogP contribution in [0.2, 0.25) is 10.0 Å². The van der Waals surface area contributed by atoms with Crippen molar-refractivity contribution in [1.82, 2.24) is 9.80 Å². The summed E-state index contributed by atoms with van der Waals surface area (Å²) in [5, 5.41) is 5.62. The zero-order valence-corrected chi connectivity index (χ0v) is 16.5. The van der Waals surface area contributed by atoms with Gasteiger partial charge in [-0.3, -0.25) is 4.90 Å². The van der Waals surface area contributed by atoms with E-state index in [4.69, 9.17) is 35.4 Å². The summed E-state index contributed by atoms with van der Waals surface area (Å²) in [5.41, 5.74) is 3.28. The van der Waals surface area contributed by atoms with Gasteiger partial charge < -0.3 is 10.2 Å². The van der Waals surface area contributed by atoms with Gasteiger partial charge in [-0.2, -0.15) is 0 Å². The van der Waals surface area contributed by atoms with Crippen molar-refractivity contribution in [2.45, 2.75) is 13.5 Å². The van der Waals surface area contributed by atoms with Gasteiger partial charge in [0.05, 0.1) is 0 Å². The monoisotopic (exact) mass is 393 g/mol. The lowest BCUT2D eigenvalue weighted by Crippen LogP contribution is -2.49. The van der Waals surface area contributed by atoms with Crippen LogP contribution in [0.4, 0.5) is 5.69 Å². The molecule has 1 aliphatic heterocycles. The summed E-state index contributed by atoms with van der Waals surface area (Å²) in [6, 6.07) is 13.9. The molecule has 1 heterocycles. The van der Waals surface area contributed by atoms with Crippen LogP contribution in [0.5, 0.6) is 0 Å². The number of piperazine rings is 1. The molecule has 1 N–H and O–H groups in total. The van der Waals surface area contributed by atoms with Crippen molar-refractivity contribution in [2.75, 3.05) is 31.5 Å². The molecule has 132 valence electrons. The van der Waals surface area contributed by atoms with Crippen LogP contribution in [0.3, 0.4) is 0 Å². The minimum absolute atomic E-state index is 0.751. The Morgan fingerprint density at radius 1 is 1.04 bits per heavy atom. The SMILES string of the molecule is Cc1c(Cl)cccc1NC(=S)N1CCN(Cc2ccc(Cl)cc2)CC1. The molecule has 1 aliphatic rings. The quantitative estimate of drug-likeness (QED) is 0.753. The van der Waals surface area contributed by atoms with E-state index in [-0.39, 0.29) is 0 Å². The number of rotatable bonds is 3. The molecule has 0 saturated carbocycles. The Hall–Kier alpha value is -1.33. The fourth-order valence-electron chi connectivity index (χ4n) is 2.89. The molecular weight excluding hydrogens is 373 g/mol. The van der Waals surface area contributed by atoms with Gasteiger partial charge in [0.25, 0.3) is 0 Å². The van der Waals surface area contributed by atoms with Crippen LogP contribution in [-0.2, 0) is 6.54 Å². The van der Waals surface area contributed by atoms with E-state index in [1.165, 1.54) is 5.56 Å². The fourth-order valence-corrected chi connectivity index (χ4v) is 3.49. The largest absolute Gasteiger partial charge is 0.346 e. The highest BCUT2D eigenvalue weighted by Crippen LogP contribution is 2.23. The van der Waals surface area contributed by atoms with E-state index in [0.717, 1.165) is 59.1 Å². The molecule has 25 heavy (non-hydrogen) atoms. The van der Waals surface area contributed by atoms with Gasteiger partial charge in [0.2, 0.25) is 0 Å². The summed E-state index contributed by atoms with van der Waals surface area (Å²) >= 11 is 17.7. The molecule has 3 nitrogen and oxygen atoms in total. The maximum atomic E-state index is 6.18. The maximum Gasteiger partial charge on any atom is 0.173 e. The lowest BCUT2D eigenvalue weighted by atomic mass is 10.2. The molecular formula is C19H21Cl2N3S. The second kappa shape index (κ2) is 8.37. The number of hydrogen-bond donors (Lipinski definition) is 1. The minimum atomic E-state index is 0.751. The number of hydrogen-bond acceptors (Lipinski definition) is 2. The number of anilines is 1. The highest BCUT2D eigenvalue weighted by Gasteiger charge is 2.19. The van der Waals surface area contributed by atoms with Gasteiger partial charge in [0.15, 0.2) is 5.11 Å². The first-order valence-electron chi connectivity index (χ1n) is 8.31. The molecule has 0 bridgehead atoms. The van der Waals surface area contributed by atoms with Crippen molar-refractivity contribution in [3.8, 4) is 0 Å². The van der Waals surface area contributed by atoms with Crippen LogP contribution in [0.25, 0.3) is 0 Å². The molecule has 3 rings (SSSR count). The summed E-state index contributed by atoms with van der Waals surface area (Å²) in [7, 11) is 0. The predicted octanol–water partition coefficient (Wildman–Crippen LogP) is 4.82. The van der Waals surface area contributed by atoms with Crippen LogP contribution < -0.4 is 5.32 Å². The number of nitrogens with zero attached hydrogens (tertiary/aromatic N) is 2. The van der Waals surface area contributed by atoms with Gasteiger partial charge in [-0.25, -0.2) is 0 Å². The van der Waals surface area contributed by atoms with E-state index < -0.39 is 0 Å². The first-order valence-corrected chi connectivity index (χ1v) is 9.47. The van der Waals surface area contributed by atoms with E-state index in [2.05, 4.69) is 27.2 Å². The van der Waals surface area contributed by atoms with Crippen molar-refractivity contribution in [2.24, 2.45) is 0 Å². The molecule has 0 atom stereocenters. The van der Waals surface area contributed by atoms with Crippen LogP contribution in [0, 0.1) is 6.92 Å². The Balaban J connectivity index is 1.52. The Bertz CT molecular complexity index is 741. The van der Waals surface area contributed by atoms with Crippen molar-refractivity contribution >= 4 is 46.2 Å². The summed E-state index contributed by atoms with van der Waals surface area (Å²) in [6.45, 7) is 6.74. The van der Waals surface area contributed by atoms with Gasteiger partial charge in [0, 0.05) is 48.5 Å². The maximum absolute atomic E-state index is 6.18. The third-order valence-corrected chi connectivity index (χ3v) is 5.51. The Morgan fingerprint density at radius 2 is 1.72 bits per heavy atom. The molecule has 0 unspecified atom stereocenters. The van der Waals surface area contributed by atoms with E-state index >= 15 is 0 Å². The topological polar surface area (TPSA) is 18.5 Å². The molecule has 2 aromatic carbocycles. The van der Waals surface area contributed by atoms with Gasteiger partial charge in [-0.05, 0) is 54.5 Å². The Labute approximate surface area is 164 Å². The Morgan fingerprint density at radius 3 is 2.40 bits per heavy atom. The molecule has 0 radical (unpaired) electrons. The number of thiocarbonyl (C=S) groups is 1. The van der Waals surface area contributed by atoms with Gasteiger partial charge in [-0.15, -0.1) is 0 Å². The van der Waals surface area contributed by atoms with E-state index in [1.54, 1.807) is 0 Å². The second-order valence-corrected chi connectivity index (χ2v) is 7.46. The van der Waals surface area contributed by atoms with E-state index in [1.807, 2.05) is 37.3 Å². The summed E-state index contributed by atoms with van der Waals surface area (Å²) < 4.78 is 0. The summed E-state index contributed by atoms with van der Waals surface area (Å²) in [6.07, 6.45) is 0. The molecule has 0 aliphatic carbocycles. The summed E-state index contributed by atoms with van der Waals surface area (Å²) in [5.74, 6) is 0. The Kier molecular flexibility index (Phi) is 6.18. The van der Waals surface area contributed by atoms with Gasteiger partial charge in [0.1, 0.15) is 0 Å². The average Bonchev–Trinajstić information content (AvgIpc) is 2.61. The minimum Gasteiger partial charge on any atom is -0.346 e. The smallest absolute Gasteiger partial charge is 0.173 e. The lowest BCUT2D eigenvalue weighted by Gasteiger charge is -2.36. The highest BCUT2D eigenvalue weighted by atomic mass is 35.5. The first-order chi connectivity index (χ1) is 12.0. The van der Waals surface area contributed by atoms with Crippen LogP contribution in [0.1, 0.15) is 11.1 Å². The normalized spacial score (nSPS) is 15.2. The zero-order valence-electron chi connectivity index (χ0n) is 14.1. The third kappa shape index (κ3) is 4.85. The third-order valence-electron chi connectivity index (χ3n) is 4.49. The number of nitrogens with one attached hydrogen (secondary N) is 1.